The molecule has 2 atom stereocenters. The monoisotopic (exact) mass is 230 g/mol. The predicted molar refractivity (Wildman–Crippen MR) is 66.7 cm³/mol. The summed E-state index contributed by atoms with van der Waals surface area (Å²) in [5.41, 5.74) is 1.11. The zero-order valence-corrected chi connectivity index (χ0v) is 10.2. The summed E-state index contributed by atoms with van der Waals surface area (Å²) in [5, 5.41) is 9.27. The highest BCUT2D eigenvalue weighted by Gasteiger charge is 2.20. The van der Waals surface area contributed by atoms with Crippen LogP contribution in [0.1, 0.15) is 18.4 Å². The summed E-state index contributed by atoms with van der Waals surface area (Å²) in [6.07, 6.45) is 0.277. The Morgan fingerprint density at radius 1 is 1.47 bits per heavy atom. The summed E-state index contributed by atoms with van der Waals surface area (Å²) in [6.45, 7) is 5.50. The summed E-state index contributed by atoms with van der Waals surface area (Å²) >= 11 is 0. The first-order valence-corrected chi connectivity index (χ1v) is 6.08. The number of rotatable bonds is 3. The van der Waals surface area contributed by atoms with Crippen LogP contribution in [0.15, 0.2) is 30.3 Å². The molecule has 2 rings (SSSR count). The molecule has 0 radical (unpaired) electrons. The number of nitriles is 1. The Balaban J connectivity index is 1.99. The van der Waals surface area contributed by atoms with E-state index in [4.69, 9.17) is 4.74 Å². The van der Waals surface area contributed by atoms with Crippen LogP contribution in [0.25, 0.3) is 0 Å². The molecule has 0 aliphatic carbocycles. The van der Waals surface area contributed by atoms with Gasteiger partial charge in [0.15, 0.2) is 0 Å². The molecule has 1 fully saturated rings. The van der Waals surface area contributed by atoms with E-state index >= 15 is 0 Å². The molecule has 1 heterocycles. The molecule has 17 heavy (non-hydrogen) atoms. The van der Waals surface area contributed by atoms with E-state index in [9.17, 15) is 5.26 Å². The van der Waals surface area contributed by atoms with Crippen LogP contribution in [0.3, 0.4) is 0 Å². The molecule has 2 unspecified atom stereocenters. The second-order valence-corrected chi connectivity index (χ2v) is 4.53. The number of hydrogen-bond acceptors (Lipinski definition) is 3. The third-order valence-corrected chi connectivity index (χ3v) is 3.12. The van der Waals surface area contributed by atoms with E-state index in [0.717, 1.165) is 31.8 Å². The SMILES string of the molecule is CC1CN(CC(C#N)c2ccccc2)CCO1. The largest absolute Gasteiger partial charge is 0.376 e. The molecule has 0 spiro atoms. The van der Waals surface area contributed by atoms with E-state index in [1.807, 2.05) is 30.3 Å². The maximum atomic E-state index is 9.27. The van der Waals surface area contributed by atoms with E-state index < -0.39 is 0 Å². The van der Waals surface area contributed by atoms with Crippen LogP contribution in [-0.4, -0.2) is 37.2 Å². The highest BCUT2D eigenvalue weighted by Crippen LogP contribution is 2.17. The second-order valence-electron chi connectivity index (χ2n) is 4.53. The molecule has 0 aromatic heterocycles. The van der Waals surface area contributed by atoms with Gasteiger partial charge in [0.2, 0.25) is 0 Å². The Labute approximate surface area is 103 Å². The van der Waals surface area contributed by atoms with Crippen molar-refractivity contribution in [3.63, 3.8) is 0 Å². The summed E-state index contributed by atoms with van der Waals surface area (Å²) in [5.74, 6) is -0.0403. The van der Waals surface area contributed by atoms with Gasteiger partial charge in [-0.05, 0) is 12.5 Å². The quantitative estimate of drug-likeness (QED) is 0.797. The molecule has 0 amide bonds. The molecule has 3 nitrogen and oxygen atoms in total. The van der Waals surface area contributed by atoms with Gasteiger partial charge in [-0.1, -0.05) is 30.3 Å². The van der Waals surface area contributed by atoms with Gasteiger partial charge in [-0.25, -0.2) is 0 Å². The van der Waals surface area contributed by atoms with E-state index in [1.54, 1.807) is 0 Å². The molecule has 1 aliphatic heterocycles. The van der Waals surface area contributed by atoms with Crippen molar-refractivity contribution in [2.24, 2.45) is 0 Å². The van der Waals surface area contributed by atoms with Crippen molar-refractivity contribution >= 4 is 0 Å². The fourth-order valence-electron chi connectivity index (χ4n) is 2.22. The smallest absolute Gasteiger partial charge is 0.0839 e. The number of benzene rings is 1. The van der Waals surface area contributed by atoms with Gasteiger partial charge in [-0.15, -0.1) is 0 Å². The Morgan fingerprint density at radius 2 is 2.24 bits per heavy atom. The Morgan fingerprint density at radius 3 is 2.88 bits per heavy atom. The molecular weight excluding hydrogens is 212 g/mol. The van der Waals surface area contributed by atoms with Crippen molar-refractivity contribution in [3.8, 4) is 6.07 Å². The first-order valence-electron chi connectivity index (χ1n) is 6.08. The van der Waals surface area contributed by atoms with Crippen LogP contribution >= 0.6 is 0 Å². The summed E-state index contributed by atoms with van der Waals surface area (Å²) < 4.78 is 5.50. The standard InChI is InChI=1S/C14H18N2O/c1-12-10-16(7-8-17-12)11-14(9-15)13-5-3-2-4-6-13/h2-6,12,14H,7-8,10-11H2,1H3. The topological polar surface area (TPSA) is 36.3 Å². The third-order valence-electron chi connectivity index (χ3n) is 3.12. The number of nitrogens with zero attached hydrogens (tertiary/aromatic N) is 2. The average Bonchev–Trinajstić information content (AvgIpc) is 2.37. The highest BCUT2D eigenvalue weighted by molar-refractivity contribution is 5.25. The maximum Gasteiger partial charge on any atom is 0.0839 e. The molecule has 1 aliphatic rings. The Hall–Kier alpha value is -1.37. The van der Waals surface area contributed by atoms with Gasteiger partial charge in [0.25, 0.3) is 0 Å². The predicted octanol–water partition coefficient (Wildman–Crippen LogP) is 2.01. The number of morpholine rings is 1. The molecule has 1 aromatic rings. The van der Waals surface area contributed by atoms with E-state index in [-0.39, 0.29) is 12.0 Å². The van der Waals surface area contributed by atoms with Gasteiger partial charge in [0.05, 0.1) is 24.7 Å². The van der Waals surface area contributed by atoms with Crippen LogP contribution in [0.4, 0.5) is 0 Å². The Kier molecular flexibility index (Phi) is 4.13. The van der Waals surface area contributed by atoms with Crippen LogP contribution in [0.5, 0.6) is 0 Å². The maximum absolute atomic E-state index is 9.27. The highest BCUT2D eigenvalue weighted by atomic mass is 16.5. The van der Waals surface area contributed by atoms with Crippen molar-refractivity contribution < 1.29 is 4.74 Å². The fraction of sp³-hybridized carbons (Fsp3) is 0.500. The number of ether oxygens (including phenoxy) is 1. The lowest BCUT2D eigenvalue weighted by molar-refractivity contribution is -0.0187. The molecule has 1 aromatic carbocycles. The van der Waals surface area contributed by atoms with Crippen LogP contribution < -0.4 is 0 Å². The lowest BCUT2D eigenvalue weighted by Gasteiger charge is -2.32. The summed E-state index contributed by atoms with van der Waals surface area (Å²) in [7, 11) is 0. The van der Waals surface area contributed by atoms with E-state index in [1.165, 1.54) is 0 Å². The third kappa shape index (κ3) is 3.29. The van der Waals surface area contributed by atoms with Crippen molar-refractivity contribution in [3.05, 3.63) is 35.9 Å². The van der Waals surface area contributed by atoms with Crippen LogP contribution in [0, 0.1) is 11.3 Å². The van der Waals surface area contributed by atoms with Crippen molar-refractivity contribution in [2.75, 3.05) is 26.2 Å². The van der Waals surface area contributed by atoms with Gasteiger partial charge in [-0.3, -0.25) is 4.90 Å². The molecule has 90 valence electrons. The van der Waals surface area contributed by atoms with Crippen molar-refractivity contribution in [1.82, 2.24) is 4.90 Å². The van der Waals surface area contributed by atoms with Crippen molar-refractivity contribution in [2.45, 2.75) is 18.9 Å². The fourth-order valence-corrected chi connectivity index (χ4v) is 2.22. The number of hydrogen-bond donors (Lipinski definition) is 0. The van der Waals surface area contributed by atoms with Gasteiger partial charge in [0, 0.05) is 19.6 Å². The first kappa shape index (κ1) is 12.1. The summed E-state index contributed by atoms with van der Waals surface area (Å²) in [6, 6.07) is 12.4. The molecule has 0 saturated carbocycles. The minimum atomic E-state index is -0.0403. The zero-order valence-electron chi connectivity index (χ0n) is 10.2. The summed E-state index contributed by atoms with van der Waals surface area (Å²) in [4.78, 5) is 2.31. The normalized spacial score (nSPS) is 22.9. The molecule has 3 heteroatoms. The van der Waals surface area contributed by atoms with Crippen LogP contribution in [0.2, 0.25) is 0 Å². The molecular formula is C14H18N2O. The van der Waals surface area contributed by atoms with Gasteiger partial charge in [0.1, 0.15) is 0 Å². The molecule has 1 saturated heterocycles. The second kappa shape index (κ2) is 5.81. The van der Waals surface area contributed by atoms with E-state index in [0.29, 0.717) is 0 Å². The minimum absolute atomic E-state index is 0.0403. The molecule has 0 N–H and O–H groups in total. The average molecular weight is 230 g/mol. The van der Waals surface area contributed by atoms with Gasteiger partial charge < -0.3 is 4.74 Å². The lowest BCUT2D eigenvalue weighted by Crippen LogP contribution is -2.42. The molecule has 0 bridgehead atoms. The van der Waals surface area contributed by atoms with Crippen LogP contribution in [-0.2, 0) is 4.74 Å². The van der Waals surface area contributed by atoms with Gasteiger partial charge in [-0.2, -0.15) is 5.26 Å². The van der Waals surface area contributed by atoms with E-state index in [2.05, 4.69) is 17.9 Å². The Bertz CT molecular complexity index is 385. The minimum Gasteiger partial charge on any atom is -0.376 e. The first-order chi connectivity index (χ1) is 8.29. The van der Waals surface area contributed by atoms with Crippen molar-refractivity contribution in [1.29, 1.82) is 5.26 Å². The van der Waals surface area contributed by atoms with Gasteiger partial charge >= 0.3 is 0 Å². The zero-order chi connectivity index (χ0) is 12.1. The lowest BCUT2D eigenvalue weighted by atomic mass is 10.00.